The molecule has 0 fully saturated rings. The highest BCUT2D eigenvalue weighted by Gasteiger charge is 2.15. The molecule has 0 amide bonds. The molecule has 1 heterocycles. The Labute approximate surface area is 97.1 Å². The third-order valence-corrected chi connectivity index (χ3v) is 3.01. The molecule has 0 aliphatic carbocycles. The van der Waals surface area contributed by atoms with E-state index in [-0.39, 0.29) is 6.61 Å². The number of rotatable bonds is 3. The first-order valence-corrected chi connectivity index (χ1v) is 6.00. The van der Waals surface area contributed by atoms with Gasteiger partial charge in [0.25, 0.3) is 0 Å². The molecule has 0 bridgehead atoms. The molecule has 2 N–H and O–H groups in total. The summed E-state index contributed by atoms with van der Waals surface area (Å²) in [5.41, 5.74) is 2.48. The van der Waals surface area contributed by atoms with Crippen LogP contribution in [0, 0.1) is 5.92 Å². The number of hydrogen-bond acceptors (Lipinski definition) is 3. The van der Waals surface area contributed by atoms with Gasteiger partial charge in [0, 0.05) is 26.2 Å². The van der Waals surface area contributed by atoms with Crippen LogP contribution in [0.1, 0.15) is 13.3 Å². The van der Waals surface area contributed by atoms with Gasteiger partial charge in [-0.05, 0) is 24.5 Å². The molecule has 16 heavy (non-hydrogen) atoms. The molecule has 1 atom stereocenters. The van der Waals surface area contributed by atoms with E-state index < -0.39 is 0 Å². The standard InChI is InChI=1S/C13H20N2O/c1-11(10-16)9-15-8-4-7-14-12-5-2-3-6-13(12)15/h2-3,5-6,11,14,16H,4,7-10H2,1H3. The summed E-state index contributed by atoms with van der Waals surface area (Å²) in [5.74, 6) is 0.325. The van der Waals surface area contributed by atoms with E-state index in [0.29, 0.717) is 5.92 Å². The van der Waals surface area contributed by atoms with E-state index in [9.17, 15) is 0 Å². The van der Waals surface area contributed by atoms with Crippen LogP contribution >= 0.6 is 0 Å². The number of aliphatic hydroxyl groups is 1. The smallest absolute Gasteiger partial charge is 0.0602 e. The number of anilines is 2. The average Bonchev–Trinajstić information content (AvgIpc) is 2.52. The van der Waals surface area contributed by atoms with Gasteiger partial charge in [0.1, 0.15) is 0 Å². The molecule has 0 aromatic heterocycles. The molecule has 1 aliphatic heterocycles. The van der Waals surface area contributed by atoms with Crippen LogP contribution in [0.25, 0.3) is 0 Å². The zero-order valence-corrected chi connectivity index (χ0v) is 9.82. The van der Waals surface area contributed by atoms with E-state index in [4.69, 9.17) is 5.11 Å². The molecule has 1 aromatic carbocycles. The summed E-state index contributed by atoms with van der Waals surface area (Å²) in [5, 5.41) is 12.6. The molecule has 3 heteroatoms. The number of nitrogens with one attached hydrogen (secondary N) is 1. The van der Waals surface area contributed by atoms with Crippen molar-refractivity contribution in [1.29, 1.82) is 0 Å². The van der Waals surface area contributed by atoms with E-state index in [2.05, 4.69) is 41.4 Å². The highest BCUT2D eigenvalue weighted by molar-refractivity contribution is 5.70. The SMILES string of the molecule is CC(CO)CN1CCCNc2ccccc21. The van der Waals surface area contributed by atoms with Crippen LogP contribution in [0.5, 0.6) is 0 Å². The van der Waals surface area contributed by atoms with Crippen molar-refractivity contribution in [2.75, 3.05) is 36.5 Å². The Morgan fingerprint density at radius 2 is 2.25 bits per heavy atom. The fourth-order valence-electron chi connectivity index (χ4n) is 2.14. The highest BCUT2D eigenvalue weighted by atomic mass is 16.3. The summed E-state index contributed by atoms with van der Waals surface area (Å²) in [6.07, 6.45) is 1.15. The predicted molar refractivity (Wildman–Crippen MR) is 68.0 cm³/mol. The molecule has 2 rings (SSSR count). The third-order valence-electron chi connectivity index (χ3n) is 3.01. The number of fused-ring (bicyclic) bond motifs is 1. The maximum absolute atomic E-state index is 9.14. The summed E-state index contributed by atoms with van der Waals surface area (Å²) in [7, 11) is 0. The zero-order chi connectivity index (χ0) is 11.4. The summed E-state index contributed by atoms with van der Waals surface area (Å²) in [4.78, 5) is 2.37. The fourth-order valence-corrected chi connectivity index (χ4v) is 2.14. The van der Waals surface area contributed by atoms with Gasteiger partial charge in [0.05, 0.1) is 11.4 Å². The average molecular weight is 220 g/mol. The van der Waals surface area contributed by atoms with Gasteiger partial charge in [0.2, 0.25) is 0 Å². The Morgan fingerprint density at radius 1 is 1.44 bits per heavy atom. The van der Waals surface area contributed by atoms with Gasteiger partial charge >= 0.3 is 0 Å². The normalized spacial score (nSPS) is 17.2. The molecule has 0 saturated heterocycles. The van der Waals surface area contributed by atoms with Crippen molar-refractivity contribution in [3.8, 4) is 0 Å². The van der Waals surface area contributed by atoms with Crippen molar-refractivity contribution in [3.63, 3.8) is 0 Å². The van der Waals surface area contributed by atoms with Gasteiger partial charge in [0.15, 0.2) is 0 Å². The topological polar surface area (TPSA) is 35.5 Å². The van der Waals surface area contributed by atoms with Crippen LogP contribution in [0.2, 0.25) is 0 Å². The van der Waals surface area contributed by atoms with Crippen molar-refractivity contribution in [3.05, 3.63) is 24.3 Å². The maximum atomic E-state index is 9.14. The van der Waals surface area contributed by atoms with Gasteiger partial charge in [-0.1, -0.05) is 19.1 Å². The minimum atomic E-state index is 0.256. The molecule has 1 aliphatic rings. The largest absolute Gasteiger partial charge is 0.396 e. The Bertz CT molecular complexity index is 340. The lowest BCUT2D eigenvalue weighted by Gasteiger charge is -2.26. The number of para-hydroxylation sites is 2. The first kappa shape index (κ1) is 11.3. The summed E-state index contributed by atoms with van der Waals surface area (Å²) in [6.45, 7) is 5.36. The van der Waals surface area contributed by atoms with Gasteiger partial charge in [-0.3, -0.25) is 0 Å². The lowest BCUT2D eigenvalue weighted by Crippen LogP contribution is -2.30. The first-order chi connectivity index (χ1) is 7.81. The number of aliphatic hydroxyl groups excluding tert-OH is 1. The number of hydrogen-bond donors (Lipinski definition) is 2. The number of nitrogens with zero attached hydrogens (tertiary/aromatic N) is 1. The molecule has 0 spiro atoms. The van der Waals surface area contributed by atoms with Crippen molar-refractivity contribution < 1.29 is 5.11 Å². The second kappa shape index (κ2) is 5.21. The molecular formula is C13H20N2O. The second-order valence-electron chi connectivity index (χ2n) is 4.53. The van der Waals surface area contributed by atoms with Crippen LogP contribution < -0.4 is 10.2 Å². The minimum absolute atomic E-state index is 0.256. The quantitative estimate of drug-likeness (QED) is 0.817. The van der Waals surface area contributed by atoms with Crippen molar-refractivity contribution in [2.45, 2.75) is 13.3 Å². The molecule has 1 aromatic rings. The van der Waals surface area contributed by atoms with E-state index in [1.807, 2.05) is 0 Å². The fraction of sp³-hybridized carbons (Fsp3) is 0.538. The van der Waals surface area contributed by atoms with Crippen LogP contribution in [-0.2, 0) is 0 Å². The van der Waals surface area contributed by atoms with Crippen LogP contribution in [0.4, 0.5) is 11.4 Å². The number of benzene rings is 1. The summed E-state index contributed by atoms with van der Waals surface area (Å²) < 4.78 is 0. The van der Waals surface area contributed by atoms with Crippen LogP contribution in [-0.4, -0.2) is 31.3 Å². The molecule has 3 nitrogen and oxygen atoms in total. The summed E-state index contributed by atoms with van der Waals surface area (Å²) >= 11 is 0. The van der Waals surface area contributed by atoms with Gasteiger partial charge in [-0.15, -0.1) is 0 Å². The third kappa shape index (κ3) is 2.47. The summed E-state index contributed by atoms with van der Waals surface area (Å²) in [6, 6.07) is 8.41. The minimum Gasteiger partial charge on any atom is -0.396 e. The van der Waals surface area contributed by atoms with E-state index in [1.54, 1.807) is 0 Å². The maximum Gasteiger partial charge on any atom is 0.0602 e. The Balaban J connectivity index is 2.19. The highest BCUT2D eigenvalue weighted by Crippen LogP contribution is 2.28. The van der Waals surface area contributed by atoms with Crippen LogP contribution in [0.3, 0.4) is 0 Å². The van der Waals surface area contributed by atoms with Crippen molar-refractivity contribution >= 4 is 11.4 Å². The lowest BCUT2D eigenvalue weighted by molar-refractivity contribution is 0.239. The molecule has 88 valence electrons. The second-order valence-corrected chi connectivity index (χ2v) is 4.53. The predicted octanol–water partition coefficient (Wildman–Crippen LogP) is 1.94. The van der Waals surface area contributed by atoms with Crippen molar-refractivity contribution in [1.82, 2.24) is 0 Å². The Kier molecular flexibility index (Phi) is 3.67. The van der Waals surface area contributed by atoms with Crippen molar-refractivity contribution in [2.24, 2.45) is 5.92 Å². The van der Waals surface area contributed by atoms with E-state index in [1.165, 1.54) is 11.4 Å². The van der Waals surface area contributed by atoms with E-state index in [0.717, 1.165) is 26.1 Å². The molecule has 0 saturated carbocycles. The van der Waals surface area contributed by atoms with Crippen LogP contribution in [0.15, 0.2) is 24.3 Å². The Hall–Kier alpha value is -1.22. The molecular weight excluding hydrogens is 200 g/mol. The lowest BCUT2D eigenvalue weighted by atomic mass is 10.1. The first-order valence-electron chi connectivity index (χ1n) is 6.00. The zero-order valence-electron chi connectivity index (χ0n) is 9.82. The monoisotopic (exact) mass is 220 g/mol. The van der Waals surface area contributed by atoms with Gasteiger partial charge in [-0.2, -0.15) is 0 Å². The Morgan fingerprint density at radius 3 is 3.06 bits per heavy atom. The van der Waals surface area contributed by atoms with Gasteiger partial charge < -0.3 is 15.3 Å². The molecule has 1 unspecified atom stereocenters. The van der Waals surface area contributed by atoms with Gasteiger partial charge in [-0.25, -0.2) is 0 Å². The molecule has 0 radical (unpaired) electrons. The van der Waals surface area contributed by atoms with E-state index >= 15 is 0 Å².